The highest BCUT2D eigenvalue weighted by molar-refractivity contribution is 5.89. The quantitative estimate of drug-likeness (QED) is 0.943. The summed E-state index contributed by atoms with van der Waals surface area (Å²) in [6.07, 6.45) is 0.809. The molecule has 1 aromatic carbocycles. The predicted octanol–water partition coefficient (Wildman–Crippen LogP) is 3.05. The van der Waals surface area contributed by atoms with E-state index in [0.29, 0.717) is 6.54 Å². The van der Waals surface area contributed by atoms with E-state index in [1.54, 1.807) is 4.90 Å². The zero-order valence-corrected chi connectivity index (χ0v) is 14.0. The molecule has 5 nitrogen and oxygen atoms in total. The molecule has 0 saturated heterocycles. The summed E-state index contributed by atoms with van der Waals surface area (Å²) in [5.41, 5.74) is 5.36. The molecule has 1 aromatic heterocycles. The van der Waals surface area contributed by atoms with E-state index < -0.39 is 0 Å². The largest absolute Gasteiger partial charge is 0.327 e. The van der Waals surface area contributed by atoms with Gasteiger partial charge in [-0.3, -0.25) is 4.68 Å². The molecule has 5 heteroatoms. The second-order valence-corrected chi connectivity index (χ2v) is 5.74. The lowest BCUT2D eigenvalue weighted by Crippen LogP contribution is -2.33. The van der Waals surface area contributed by atoms with Gasteiger partial charge in [-0.25, -0.2) is 4.79 Å². The van der Waals surface area contributed by atoms with Gasteiger partial charge in [0, 0.05) is 32.0 Å². The zero-order valence-electron chi connectivity index (χ0n) is 14.0. The summed E-state index contributed by atoms with van der Waals surface area (Å²) in [6.45, 7) is 6.73. The number of nitrogens with zero attached hydrogens (tertiary/aromatic N) is 3. The normalized spacial score (nSPS) is 10.6. The lowest BCUT2D eigenvalue weighted by Gasteiger charge is -2.18. The number of hydrogen-bond acceptors (Lipinski definition) is 2. The van der Waals surface area contributed by atoms with Crippen LogP contribution >= 0.6 is 0 Å². The van der Waals surface area contributed by atoms with Gasteiger partial charge >= 0.3 is 6.03 Å². The fraction of sp³-hybridized carbons (Fsp3) is 0.412. The van der Waals surface area contributed by atoms with Crippen molar-refractivity contribution in [1.82, 2.24) is 14.7 Å². The van der Waals surface area contributed by atoms with Crippen molar-refractivity contribution in [2.45, 2.75) is 27.2 Å². The van der Waals surface area contributed by atoms with Crippen molar-refractivity contribution in [2.75, 3.05) is 18.9 Å². The minimum Gasteiger partial charge on any atom is -0.327 e. The molecule has 0 saturated carbocycles. The van der Waals surface area contributed by atoms with Crippen LogP contribution in [0.1, 0.15) is 22.5 Å². The van der Waals surface area contributed by atoms with Gasteiger partial charge in [0.25, 0.3) is 0 Å². The number of benzene rings is 1. The number of rotatable bonds is 4. The molecule has 0 aliphatic carbocycles. The number of anilines is 1. The molecule has 0 fully saturated rings. The van der Waals surface area contributed by atoms with E-state index in [4.69, 9.17) is 0 Å². The summed E-state index contributed by atoms with van der Waals surface area (Å²) in [4.78, 5) is 13.9. The number of carbonyl (C=O) groups excluding carboxylic acids is 1. The van der Waals surface area contributed by atoms with E-state index in [1.165, 1.54) is 5.56 Å². The molecule has 0 aliphatic rings. The summed E-state index contributed by atoms with van der Waals surface area (Å²) in [7, 11) is 3.76. The number of amides is 2. The summed E-state index contributed by atoms with van der Waals surface area (Å²) >= 11 is 0. The first-order chi connectivity index (χ1) is 10.4. The number of likely N-dealkylation sites (N-methyl/N-ethyl adjacent to an activating group) is 1. The molecule has 0 aliphatic heterocycles. The predicted molar refractivity (Wildman–Crippen MR) is 89.2 cm³/mol. The minimum absolute atomic E-state index is 0.0928. The number of nitrogens with one attached hydrogen (secondary N) is 1. The highest BCUT2D eigenvalue weighted by atomic mass is 16.2. The van der Waals surface area contributed by atoms with Crippen LogP contribution in [-0.4, -0.2) is 34.3 Å². The molecule has 0 atom stereocenters. The first-order valence-electron chi connectivity index (χ1n) is 7.46. The van der Waals surface area contributed by atoms with Crippen LogP contribution in [0.5, 0.6) is 0 Å². The molecule has 0 bridgehead atoms. The van der Waals surface area contributed by atoms with Crippen LogP contribution < -0.4 is 5.32 Å². The standard InChI is InChI=1S/C17H24N4O/c1-12-7-6-8-15(11-12)18-17(22)20(4)10-9-16-13(2)19-21(5)14(16)3/h6-8,11H,9-10H2,1-5H3,(H,18,22). The van der Waals surface area contributed by atoms with Crippen LogP contribution in [0.3, 0.4) is 0 Å². The Morgan fingerprint density at radius 2 is 2.05 bits per heavy atom. The highest BCUT2D eigenvalue weighted by Crippen LogP contribution is 2.14. The van der Waals surface area contributed by atoms with Gasteiger partial charge in [0.05, 0.1) is 5.69 Å². The average molecular weight is 300 g/mol. The number of aromatic nitrogens is 2. The van der Waals surface area contributed by atoms with Crippen molar-refractivity contribution in [1.29, 1.82) is 0 Å². The zero-order chi connectivity index (χ0) is 16.3. The summed E-state index contributed by atoms with van der Waals surface area (Å²) in [5.74, 6) is 0. The maximum Gasteiger partial charge on any atom is 0.321 e. The fourth-order valence-corrected chi connectivity index (χ4v) is 2.50. The molecule has 0 radical (unpaired) electrons. The Hall–Kier alpha value is -2.30. The fourth-order valence-electron chi connectivity index (χ4n) is 2.50. The van der Waals surface area contributed by atoms with Crippen molar-refractivity contribution in [2.24, 2.45) is 7.05 Å². The van der Waals surface area contributed by atoms with Gasteiger partial charge in [0.2, 0.25) is 0 Å². The van der Waals surface area contributed by atoms with Crippen LogP contribution in [0.4, 0.5) is 10.5 Å². The molecule has 1 heterocycles. The Balaban J connectivity index is 1.94. The monoisotopic (exact) mass is 300 g/mol. The molecular formula is C17H24N4O. The first kappa shape index (κ1) is 16.1. The third kappa shape index (κ3) is 3.67. The smallest absolute Gasteiger partial charge is 0.321 e. The molecule has 2 amide bonds. The topological polar surface area (TPSA) is 50.2 Å². The second kappa shape index (κ2) is 6.64. The molecule has 0 spiro atoms. The molecule has 1 N–H and O–H groups in total. The SMILES string of the molecule is Cc1cccc(NC(=O)N(C)CCc2c(C)nn(C)c2C)c1. The maximum atomic E-state index is 12.2. The average Bonchev–Trinajstić information content (AvgIpc) is 2.70. The third-order valence-corrected chi connectivity index (χ3v) is 3.97. The third-order valence-electron chi connectivity index (χ3n) is 3.97. The Bertz CT molecular complexity index is 675. The van der Waals surface area contributed by atoms with E-state index in [0.717, 1.165) is 29.1 Å². The Morgan fingerprint density at radius 3 is 2.64 bits per heavy atom. The summed E-state index contributed by atoms with van der Waals surface area (Å²) in [5, 5.41) is 7.33. The Labute approximate surface area is 131 Å². The lowest BCUT2D eigenvalue weighted by molar-refractivity contribution is 0.223. The number of urea groups is 1. The Morgan fingerprint density at radius 1 is 1.32 bits per heavy atom. The molecule has 2 aromatic rings. The molecule has 118 valence electrons. The lowest BCUT2D eigenvalue weighted by atomic mass is 10.1. The highest BCUT2D eigenvalue weighted by Gasteiger charge is 2.13. The van der Waals surface area contributed by atoms with E-state index in [2.05, 4.69) is 17.3 Å². The van der Waals surface area contributed by atoms with Crippen LogP contribution in [0.25, 0.3) is 0 Å². The second-order valence-electron chi connectivity index (χ2n) is 5.74. The Kier molecular flexibility index (Phi) is 4.85. The summed E-state index contributed by atoms with van der Waals surface area (Å²) < 4.78 is 1.89. The van der Waals surface area contributed by atoms with Gasteiger partial charge in [-0.15, -0.1) is 0 Å². The van der Waals surface area contributed by atoms with E-state index in [-0.39, 0.29) is 6.03 Å². The van der Waals surface area contributed by atoms with Gasteiger partial charge in [0.1, 0.15) is 0 Å². The van der Waals surface area contributed by atoms with Crippen LogP contribution in [0, 0.1) is 20.8 Å². The number of aryl methyl sites for hydroxylation is 3. The van der Waals surface area contributed by atoms with Crippen LogP contribution in [-0.2, 0) is 13.5 Å². The van der Waals surface area contributed by atoms with Gasteiger partial charge in [-0.05, 0) is 50.5 Å². The van der Waals surface area contributed by atoms with Crippen molar-refractivity contribution >= 4 is 11.7 Å². The maximum absolute atomic E-state index is 12.2. The van der Waals surface area contributed by atoms with E-state index in [9.17, 15) is 4.79 Å². The van der Waals surface area contributed by atoms with Gasteiger partial charge in [0.15, 0.2) is 0 Å². The first-order valence-corrected chi connectivity index (χ1v) is 7.46. The van der Waals surface area contributed by atoms with Crippen LogP contribution in [0.15, 0.2) is 24.3 Å². The molecular weight excluding hydrogens is 276 g/mol. The van der Waals surface area contributed by atoms with Crippen molar-refractivity contribution < 1.29 is 4.79 Å². The molecule has 0 unspecified atom stereocenters. The van der Waals surface area contributed by atoms with Crippen molar-refractivity contribution in [3.8, 4) is 0 Å². The number of hydrogen-bond donors (Lipinski definition) is 1. The van der Waals surface area contributed by atoms with Gasteiger partial charge in [-0.2, -0.15) is 5.10 Å². The summed E-state index contributed by atoms with van der Waals surface area (Å²) in [6, 6.07) is 7.71. The van der Waals surface area contributed by atoms with E-state index in [1.807, 2.05) is 56.9 Å². The van der Waals surface area contributed by atoms with Crippen LogP contribution in [0.2, 0.25) is 0 Å². The van der Waals surface area contributed by atoms with Crippen molar-refractivity contribution in [3.63, 3.8) is 0 Å². The van der Waals surface area contributed by atoms with Gasteiger partial charge < -0.3 is 10.2 Å². The molecule has 2 rings (SSSR count). The minimum atomic E-state index is -0.0928. The van der Waals surface area contributed by atoms with Crippen molar-refractivity contribution in [3.05, 3.63) is 46.8 Å². The number of carbonyl (C=O) groups is 1. The molecule has 22 heavy (non-hydrogen) atoms. The van der Waals surface area contributed by atoms with E-state index >= 15 is 0 Å². The van der Waals surface area contributed by atoms with Gasteiger partial charge in [-0.1, -0.05) is 12.1 Å².